The van der Waals surface area contributed by atoms with Crippen LogP contribution in [0.15, 0.2) is 30.3 Å². The molecule has 0 spiro atoms. The van der Waals surface area contributed by atoms with Crippen LogP contribution in [0.4, 0.5) is 0 Å². The van der Waals surface area contributed by atoms with Crippen LogP contribution in [0.3, 0.4) is 0 Å². The Morgan fingerprint density at radius 2 is 1.88 bits per heavy atom. The monoisotopic (exact) mass is 221 g/mol. The fourth-order valence-electron chi connectivity index (χ4n) is 1.54. The smallest absolute Gasteiger partial charge is 0.305 e. The van der Waals surface area contributed by atoms with E-state index in [0.29, 0.717) is 0 Å². The van der Waals surface area contributed by atoms with E-state index in [-0.39, 0.29) is 12.3 Å². The lowest BCUT2D eigenvalue weighted by Gasteiger charge is -2.26. The van der Waals surface area contributed by atoms with Gasteiger partial charge in [0.05, 0.1) is 12.5 Å². The summed E-state index contributed by atoms with van der Waals surface area (Å²) in [6, 6.07) is 8.77. The number of rotatable bonds is 4. The maximum Gasteiger partial charge on any atom is 0.305 e. The summed E-state index contributed by atoms with van der Waals surface area (Å²) in [7, 11) is 1.61. The Bertz CT molecular complexity index is 375. The number of hydrogen-bond acceptors (Lipinski definition) is 2. The molecule has 1 aromatic rings. The van der Waals surface area contributed by atoms with Gasteiger partial charge in [-0.2, -0.15) is 0 Å². The van der Waals surface area contributed by atoms with Crippen LogP contribution in [0.25, 0.3) is 0 Å². The first-order chi connectivity index (χ1) is 7.52. The van der Waals surface area contributed by atoms with Gasteiger partial charge in [-0.05, 0) is 5.56 Å². The van der Waals surface area contributed by atoms with Gasteiger partial charge in [0.1, 0.15) is 0 Å². The molecule has 1 atom stereocenters. The minimum atomic E-state index is -0.915. The maximum atomic E-state index is 11.3. The number of carboxylic acid groups (broad SMARTS) is 1. The van der Waals surface area contributed by atoms with E-state index in [2.05, 4.69) is 0 Å². The van der Waals surface area contributed by atoms with Crippen LogP contribution >= 0.6 is 0 Å². The second-order valence-corrected chi connectivity index (χ2v) is 3.65. The zero-order valence-corrected chi connectivity index (χ0v) is 9.38. The number of benzene rings is 1. The first kappa shape index (κ1) is 12.2. The van der Waals surface area contributed by atoms with E-state index in [0.717, 1.165) is 5.56 Å². The van der Waals surface area contributed by atoms with Gasteiger partial charge in [0, 0.05) is 14.0 Å². The van der Waals surface area contributed by atoms with Crippen molar-refractivity contribution in [3.8, 4) is 0 Å². The molecule has 0 aliphatic rings. The van der Waals surface area contributed by atoms with Crippen LogP contribution < -0.4 is 0 Å². The lowest BCUT2D eigenvalue weighted by molar-refractivity contribution is -0.139. The highest BCUT2D eigenvalue weighted by molar-refractivity contribution is 5.75. The Morgan fingerprint density at radius 1 is 1.31 bits per heavy atom. The molecule has 1 N–H and O–H groups in total. The lowest BCUT2D eigenvalue weighted by Crippen LogP contribution is -2.30. The molecule has 1 aromatic carbocycles. The number of nitrogens with zero attached hydrogens (tertiary/aromatic N) is 1. The van der Waals surface area contributed by atoms with Crippen molar-refractivity contribution < 1.29 is 14.7 Å². The summed E-state index contributed by atoms with van der Waals surface area (Å²) in [6.07, 6.45) is -0.0832. The number of hydrogen-bond donors (Lipinski definition) is 1. The molecule has 0 saturated carbocycles. The van der Waals surface area contributed by atoms with E-state index in [4.69, 9.17) is 5.11 Å². The second kappa shape index (κ2) is 5.30. The van der Waals surface area contributed by atoms with Crippen molar-refractivity contribution in [1.82, 2.24) is 4.90 Å². The molecule has 16 heavy (non-hydrogen) atoms. The average molecular weight is 221 g/mol. The zero-order valence-electron chi connectivity index (χ0n) is 9.38. The van der Waals surface area contributed by atoms with E-state index < -0.39 is 12.0 Å². The molecule has 1 amide bonds. The third-order valence-corrected chi connectivity index (χ3v) is 2.52. The van der Waals surface area contributed by atoms with E-state index in [1.165, 1.54) is 11.8 Å². The summed E-state index contributed by atoms with van der Waals surface area (Å²) >= 11 is 0. The molecule has 0 saturated heterocycles. The Labute approximate surface area is 94.5 Å². The summed E-state index contributed by atoms with van der Waals surface area (Å²) in [5, 5.41) is 8.84. The van der Waals surface area contributed by atoms with E-state index in [1.807, 2.05) is 30.3 Å². The molecule has 0 aromatic heterocycles. The van der Waals surface area contributed by atoms with Crippen molar-refractivity contribution in [3.63, 3.8) is 0 Å². The predicted molar refractivity (Wildman–Crippen MR) is 59.9 cm³/mol. The first-order valence-corrected chi connectivity index (χ1v) is 5.02. The number of carbonyl (C=O) groups is 2. The predicted octanol–water partition coefficient (Wildman–Crippen LogP) is 1.68. The molecule has 4 heteroatoms. The van der Waals surface area contributed by atoms with Gasteiger partial charge in [0.25, 0.3) is 0 Å². The van der Waals surface area contributed by atoms with Crippen molar-refractivity contribution in [3.05, 3.63) is 35.9 Å². The van der Waals surface area contributed by atoms with Crippen LogP contribution in [0, 0.1) is 0 Å². The largest absolute Gasteiger partial charge is 0.481 e. The summed E-state index contributed by atoms with van der Waals surface area (Å²) in [4.78, 5) is 23.5. The molecule has 1 rings (SSSR count). The number of aliphatic carboxylic acids is 1. The highest BCUT2D eigenvalue weighted by Gasteiger charge is 2.21. The standard InChI is InChI=1S/C12H15NO3/c1-9(14)13(2)11(8-12(15)16)10-6-4-3-5-7-10/h3-7,11H,8H2,1-2H3,(H,15,16). The van der Waals surface area contributed by atoms with E-state index in [9.17, 15) is 9.59 Å². The number of amides is 1. The highest BCUT2D eigenvalue weighted by Crippen LogP contribution is 2.22. The maximum absolute atomic E-state index is 11.3. The summed E-state index contributed by atoms with van der Waals surface area (Å²) in [5.41, 5.74) is 0.836. The quantitative estimate of drug-likeness (QED) is 0.841. The van der Waals surface area contributed by atoms with Gasteiger partial charge in [0.15, 0.2) is 0 Å². The molecule has 0 heterocycles. The van der Waals surface area contributed by atoms with Crippen LogP contribution in [0.2, 0.25) is 0 Å². The van der Waals surface area contributed by atoms with Crippen LogP contribution in [-0.2, 0) is 9.59 Å². The zero-order chi connectivity index (χ0) is 12.1. The number of carboxylic acids is 1. The normalized spacial score (nSPS) is 11.9. The summed E-state index contributed by atoms with van der Waals surface area (Å²) < 4.78 is 0. The van der Waals surface area contributed by atoms with Crippen molar-refractivity contribution in [2.75, 3.05) is 7.05 Å². The third kappa shape index (κ3) is 3.08. The van der Waals surface area contributed by atoms with Crippen LogP contribution in [0.1, 0.15) is 24.9 Å². The highest BCUT2D eigenvalue weighted by atomic mass is 16.4. The van der Waals surface area contributed by atoms with Gasteiger partial charge < -0.3 is 10.0 Å². The van der Waals surface area contributed by atoms with Gasteiger partial charge in [-0.25, -0.2) is 0 Å². The fraction of sp³-hybridized carbons (Fsp3) is 0.333. The minimum Gasteiger partial charge on any atom is -0.481 e. The van der Waals surface area contributed by atoms with Crippen molar-refractivity contribution >= 4 is 11.9 Å². The Kier molecular flexibility index (Phi) is 4.05. The Morgan fingerprint density at radius 3 is 2.31 bits per heavy atom. The van der Waals surface area contributed by atoms with Gasteiger partial charge in [-0.15, -0.1) is 0 Å². The Hall–Kier alpha value is -1.84. The second-order valence-electron chi connectivity index (χ2n) is 3.65. The molecule has 0 radical (unpaired) electrons. The molecule has 0 aliphatic heterocycles. The van der Waals surface area contributed by atoms with Crippen LogP contribution in [-0.4, -0.2) is 28.9 Å². The summed E-state index contributed by atoms with van der Waals surface area (Å²) in [6.45, 7) is 1.43. The van der Waals surface area contributed by atoms with E-state index >= 15 is 0 Å². The van der Waals surface area contributed by atoms with Crippen molar-refractivity contribution in [1.29, 1.82) is 0 Å². The molecule has 1 unspecified atom stereocenters. The molecule has 0 fully saturated rings. The molecule has 4 nitrogen and oxygen atoms in total. The first-order valence-electron chi connectivity index (χ1n) is 5.02. The van der Waals surface area contributed by atoms with Crippen molar-refractivity contribution in [2.45, 2.75) is 19.4 Å². The Balaban J connectivity index is 2.96. The lowest BCUT2D eigenvalue weighted by atomic mass is 10.0. The fourth-order valence-corrected chi connectivity index (χ4v) is 1.54. The van der Waals surface area contributed by atoms with Gasteiger partial charge in [0.2, 0.25) is 5.91 Å². The van der Waals surface area contributed by atoms with Crippen molar-refractivity contribution in [2.24, 2.45) is 0 Å². The minimum absolute atomic E-state index is 0.0832. The van der Waals surface area contributed by atoms with Crippen LogP contribution in [0.5, 0.6) is 0 Å². The van der Waals surface area contributed by atoms with Gasteiger partial charge >= 0.3 is 5.97 Å². The third-order valence-electron chi connectivity index (χ3n) is 2.52. The SMILES string of the molecule is CC(=O)N(C)C(CC(=O)O)c1ccccc1. The molecular formula is C12H15NO3. The molecular weight excluding hydrogens is 206 g/mol. The average Bonchev–Trinajstić information content (AvgIpc) is 2.26. The van der Waals surface area contributed by atoms with Gasteiger partial charge in [-0.1, -0.05) is 30.3 Å². The van der Waals surface area contributed by atoms with Gasteiger partial charge in [-0.3, -0.25) is 9.59 Å². The number of carbonyl (C=O) groups excluding carboxylic acids is 1. The van der Waals surface area contributed by atoms with E-state index in [1.54, 1.807) is 7.05 Å². The topological polar surface area (TPSA) is 57.6 Å². The molecule has 0 aliphatic carbocycles. The summed E-state index contributed by atoms with van der Waals surface area (Å²) in [5.74, 6) is -1.06. The molecule has 0 bridgehead atoms. The molecule has 86 valence electrons.